The van der Waals surface area contributed by atoms with Gasteiger partial charge in [-0.1, -0.05) is 6.07 Å². The van der Waals surface area contributed by atoms with Crippen molar-refractivity contribution in [1.29, 1.82) is 0 Å². The molecule has 0 bridgehead atoms. The van der Waals surface area contributed by atoms with Gasteiger partial charge in [0.1, 0.15) is 0 Å². The van der Waals surface area contributed by atoms with E-state index in [0.717, 1.165) is 35.7 Å². The maximum Gasteiger partial charge on any atom is 0.257 e. The van der Waals surface area contributed by atoms with E-state index in [1.54, 1.807) is 12.1 Å². The second-order valence-corrected chi connectivity index (χ2v) is 9.10. The largest absolute Gasteiger partial charge is 0.298 e. The highest BCUT2D eigenvalue weighted by Crippen LogP contribution is 2.29. The Kier molecular flexibility index (Phi) is 4.71. The van der Waals surface area contributed by atoms with Crippen molar-refractivity contribution in [2.45, 2.75) is 30.6 Å². The third kappa shape index (κ3) is 3.35. The van der Waals surface area contributed by atoms with Crippen LogP contribution in [0.5, 0.6) is 0 Å². The number of fused-ring (bicyclic) bond motifs is 1. The lowest BCUT2D eigenvalue weighted by Crippen LogP contribution is -2.22. The van der Waals surface area contributed by atoms with Crippen molar-refractivity contribution in [3.63, 3.8) is 0 Å². The number of rotatable bonds is 4. The number of sulfonamides is 1. The molecule has 0 fully saturated rings. The minimum Gasteiger partial charge on any atom is -0.298 e. The molecule has 1 aromatic heterocycles. The van der Waals surface area contributed by atoms with Crippen LogP contribution < -0.4 is 5.32 Å². The fraction of sp³-hybridized carbons (Fsp3) is 0.375. The van der Waals surface area contributed by atoms with Gasteiger partial charge in [0, 0.05) is 24.5 Å². The normalized spacial score (nSPS) is 14.5. The van der Waals surface area contributed by atoms with Crippen LogP contribution in [0.3, 0.4) is 0 Å². The minimum absolute atomic E-state index is 0.0959. The highest BCUT2D eigenvalue weighted by atomic mass is 32.2. The van der Waals surface area contributed by atoms with Crippen molar-refractivity contribution in [2.75, 3.05) is 19.4 Å². The smallest absolute Gasteiger partial charge is 0.257 e. The van der Waals surface area contributed by atoms with E-state index in [1.165, 1.54) is 42.4 Å². The van der Waals surface area contributed by atoms with Gasteiger partial charge in [-0.15, -0.1) is 11.3 Å². The van der Waals surface area contributed by atoms with Gasteiger partial charge in [-0.3, -0.25) is 10.1 Å². The summed E-state index contributed by atoms with van der Waals surface area (Å²) in [5.74, 6) is -0.350. The molecule has 1 amide bonds. The molecule has 24 heavy (non-hydrogen) atoms. The van der Waals surface area contributed by atoms with Crippen LogP contribution in [0.1, 0.15) is 33.8 Å². The molecular weight excluding hydrogens is 346 g/mol. The van der Waals surface area contributed by atoms with Crippen molar-refractivity contribution < 1.29 is 13.2 Å². The van der Waals surface area contributed by atoms with Crippen LogP contribution in [-0.4, -0.2) is 37.7 Å². The summed E-state index contributed by atoms with van der Waals surface area (Å²) in [7, 11) is -0.647. The molecule has 1 N–H and O–H groups in total. The molecule has 2 aromatic rings. The van der Waals surface area contributed by atoms with Crippen molar-refractivity contribution in [3.8, 4) is 0 Å². The number of anilines is 1. The average Bonchev–Trinajstić information content (AvgIpc) is 2.97. The Bertz CT molecular complexity index is 849. The molecule has 0 saturated carbocycles. The summed E-state index contributed by atoms with van der Waals surface area (Å²) in [6.07, 6.45) is 4.26. The minimum atomic E-state index is -3.57. The van der Waals surface area contributed by atoms with Gasteiger partial charge in [0.05, 0.1) is 10.6 Å². The summed E-state index contributed by atoms with van der Waals surface area (Å²) >= 11 is 1.50. The van der Waals surface area contributed by atoms with E-state index in [0.29, 0.717) is 10.7 Å². The molecule has 1 aromatic carbocycles. The molecule has 8 heteroatoms. The summed E-state index contributed by atoms with van der Waals surface area (Å²) in [6, 6.07) is 6.03. The van der Waals surface area contributed by atoms with Crippen LogP contribution in [0.4, 0.5) is 5.13 Å². The van der Waals surface area contributed by atoms with Gasteiger partial charge >= 0.3 is 0 Å². The number of nitrogens with one attached hydrogen (secondary N) is 1. The number of amides is 1. The number of carbonyl (C=O) groups is 1. The highest BCUT2D eigenvalue weighted by molar-refractivity contribution is 7.89. The molecule has 128 valence electrons. The second-order valence-electron chi connectivity index (χ2n) is 5.87. The number of benzene rings is 1. The van der Waals surface area contributed by atoms with Crippen LogP contribution in [0, 0.1) is 0 Å². The predicted octanol–water partition coefficient (Wildman–Crippen LogP) is 2.52. The molecule has 1 aliphatic rings. The zero-order valence-corrected chi connectivity index (χ0v) is 15.2. The molecule has 6 nitrogen and oxygen atoms in total. The molecule has 0 aliphatic heterocycles. The number of carbonyl (C=O) groups excluding carboxylic acids is 1. The Morgan fingerprint density at radius 1 is 1.25 bits per heavy atom. The van der Waals surface area contributed by atoms with E-state index in [9.17, 15) is 13.2 Å². The van der Waals surface area contributed by atoms with Gasteiger partial charge in [-0.05, 0) is 43.9 Å². The molecule has 0 radical (unpaired) electrons. The third-order valence-electron chi connectivity index (χ3n) is 3.94. The molecule has 0 unspecified atom stereocenters. The Morgan fingerprint density at radius 2 is 2.00 bits per heavy atom. The van der Waals surface area contributed by atoms with Gasteiger partial charge in [-0.25, -0.2) is 17.7 Å². The van der Waals surface area contributed by atoms with Crippen molar-refractivity contribution in [1.82, 2.24) is 9.29 Å². The third-order valence-corrected chi connectivity index (χ3v) is 6.82. The SMILES string of the molecule is CN(C)S(=O)(=O)c1cccc(C(=O)Nc2nc3c(s2)CCCC3)c1. The lowest BCUT2D eigenvalue weighted by Gasteiger charge is -2.12. The monoisotopic (exact) mass is 365 g/mol. The lowest BCUT2D eigenvalue weighted by atomic mass is 10.0. The number of aromatic nitrogens is 1. The molecule has 0 atom stereocenters. The van der Waals surface area contributed by atoms with E-state index < -0.39 is 10.0 Å². The molecule has 1 heterocycles. The summed E-state index contributed by atoms with van der Waals surface area (Å²) in [5.41, 5.74) is 1.37. The predicted molar refractivity (Wildman–Crippen MR) is 94.0 cm³/mol. The Hall–Kier alpha value is -1.77. The zero-order chi connectivity index (χ0) is 17.3. The van der Waals surface area contributed by atoms with E-state index in [-0.39, 0.29) is 10.8 Å². The van der Waals surface area contributed by atoms with E-state index in [4.69, 9.17) is 0 Å². The Labute approximate surface area is 145 Å². The fourth-order valence-electron chi connectivity index (χ4n) is 2.58. The molecule has 3 rings (SSSR count). The van der Waals surface area contributed by atoms with Crippen LogP contribution >= 0.6 is 11.3 Å². The van der Waals surface area contributed by atoms with Crippen LogP contribution in [0.25, 0.3) is 0 Å². The molecule has 0 saturated heterocycles. The van der Waals surface area contributed by atoms with E-state index in [1.807, 2.05) is 0 Å². The fourth-order valence-corrected chi connectivity index (χ4v) is 4.58. The first-order valence-electron chi connectivity index (χ1n) is 7.70. The average molecular weight is 365 g/mol. The first-order chi connectivity index (χ1) is 11.4. The van der Waals surface area contributed by atoms with E-state index in [2.05, 4.69) is 10.3 Å². The number of thiazole rings is 1. The standard InChI is InChI=1S/C16H19N3O3S2/c1-19(2)24(21,22)12-7-5-6-11(10-12)15(20)18-16-17-13-8-3-4-9-14(13)23-16/h5-7,10H,3-4,8-9H2,1-2H3,(H,17,18,20). The van der Waals surface area contributed by atoms with Gasteiger partial charge in [0.15, 0.2) is 5.13 Å². The molecule has 0 spiro atoms. The summed E-state index contributed by atoms with van der Waals surface area (Å²) in [5, 5.41) is 3.36. The van der Waals surface area contributed by atoms with E-state index >= 15 is 0 Å². The summed E-state index contributed by atoms with van der Waals surface area (Å²) < 4.78 is 25.5. The first-order valence-corrected chi connectivity index (χ1v) is 9.96. The Morgan fingerprint density at radius 3 is 2.71 bits per heavy atom. The van der Waals surface area contributed by atoms with Crippen LogP contribution in [-0.2, 0) is 22.9 Å². The van der Waals surface area contributed by atoms with Gasteiger partial charge < -0.3 is 0 Å². The van der Waals surface area contributed by atoms with Gasteiger partial charge in [-0.2, -0.15) is 0 Å². The number of hydrogen-bond donors (Lipinski definition) is 1. The number of aryl methyl sites for hydroxylation is 2. The van der Waals surface area contributed by atoms with Crippen LogP contribution in [0.2, 0.25) is 0 Å². The number of nitrogens with zero attached hydrogens (tertiary/aromatic N) is 2. The quantitative estimate of drug-likeness (QED) is 0.903. The lowest BCUT2D eigenvalue weighted by molar-refractivity contribution is 0.102. The van der Waals surface area contributed by atoms with Gasteiger partial charge in [0.2, 0.25) is 10.0 Å². The maximum atomic E-state index is 12.4. The maximum absolute atomic E-state index is 12.4. The Balaban J connectivity index is 1.82. The zero-order valence-electron chi connectivity index (χ0n) is 13.6. The first kappa shape index (κ1) is 17.1. The van der Waals surface area contributed by atoms with Crippen molar-refractivity contribution >= 4 is 32.4 Å². The van der Waals surface area contributed by atoms with Gasteiger partial charge in [0.25, 0.3) is 5.91 Å². The summed E-state index contributed by atoms with van der Waals surface area (Å²) in [4.78, 5) is 18.2. The number of hydrogen-bond acceptors (Lipinski definition) is 5. The van der Waals surface area contributed by atoms with Crippen molar-refractivity contribution in [2.24, 2.45) is 0 Å². The molecular formula is C16H19N3O3S2. The second kappa shape index (κ2) is 6.62. The van der Waals surface area contributed by atoms with Crippen molar-refractivity contribution in [3.05, 3.63) is 40.4 Å². The summed E-state index contributed by atoms with van der Waals surface area (Å²) in [6.45, 7) is 0. The topological polar surface area (TPSA) is 79.4 Å². The molecule has 1 aliphatic carbocycles. The van der Waals surface area contributed by atoms with Crippen LogP contribution in [0.15, 0.2) is 29.2 Å². The highest BCUT2D eigenvalue weighted by Gasteiger charge is 2.20.